The van der Waals surface area contributed by atoms with Crippen molar-refractivity contribution >= 4 is 44.6 Å². The fraction of sp³-hybridized carbons (Fsp3) is 0.429. The highest BCUT2D eigenvalue weighted by molar-refractivity contribution is 8.08. The summed E-state index contributed by atoms with van der Waals surface area (Å²) in [6, 6.07) is 4.20. The number of carboxylic acids is 1. The minimum absolute atomic E-state index is 0.0507. The molecule has 0 fully saturated rings. The molecule has 0 saturated heterocycles. The first-order valence-electron chi connectivity index (χ1n) is 10.4. The zero-order valence-corrected chi connectivity index (χ0v) is 20.5. The van der Waals surface area contributed by atoms with Crippen LogP contribution in [0.3, 0.4) is 0 Å². The fourth-order valence-electron chi connectivity index (χ4n) is 3.01. The normalized spacial score (nSPS) is 12.9. The number of carbonyl (C=O) groups excluding carboxylic acids is 2. The minimum Gasteiger partial charge on any atom is -0.478 e. The highest BCUT2D eigenvalue weighted by Gasteiger charge is 2.31. The van der Waals surface area contributed by atoms with Crippen LogP contribution in [-0.2, 0) is 26.0 Å². The lowest BCUT2D eigenvalue weighted by Gasteiger charge is -2.23. The van der Waals surface area contributed by atoms with E-state index in [1.54, 1.807) is 24.5 Å². The molecule has 1 aromatic rings. The number of aromatic carboxylic acids is 1. The minimum atomic E-state index is -4.23. The van der Waals surface area contributed by atoms with Crippen molar-refractivity contribution in [1.29, 1.82) is 5.41 Å². The highest BCUT2D eigenvalue weighted by Crippen LogP contribution is 2.11. The van der Waals surface area contributed by atoms with Crippen LogP contribution in [0.5, 0.6) is 0 Å². The van der Waals surface area contributed by atoms with E-state index in [-0.39, 0.29) is 30.9 Å². The van der Waals surface area contributed by atoms with Crippen molar-refractivity contribution < 1.29 is 27.9 Å². The Balaban J connectivity index is 3.04. The van der Waals surface area contributed by atoms with E-state index in [0.717, 1.165) is 0 Å². The molecule has 34 heavy (non-hydrogen) atoms. The van der Waals surface area contributed by atoms with E-state index in [9.17, 15) is 27.9 Å². The first-order chi connectivity index (χ1) is 16.0. The molecule has 0 saturated carbocycles. The maximum atomic E-state index is 13.0. The summed E-state index contributed by atoms with van der Waals surface area (Å²) in [5.74, 6) is -1.49. The van der Waals surface area contributed by atoms with Crippen LogP contribution in [-0.4, -0.2) is 67.1 Å². The molecule has 0 spiro atoms. The van der Waals surface area contributed by atoms with E-state index < -0.39 is 38.9 Å². The van der Waals surface area contributed by atoms with Crippen LogP contribution in [0.25, 0.3) is 0 Å². The van der Waals surface area contributed by atoms with Crippen LogP contribution in [0.1, 0.15) is 35.2 Å². The Bertz CT molecular complexity index is 999. The lowest BCUT2D eigenvalue weighted by atomic mass is 10.1. The summed E-state index contributed by atoms with van der Waals surface area (Å²) >= 11 is 1.40. The lowest BCUT2D eigenvalue weighted by molar-refractivity contribution is -0.126. The third-order valence-electron chi connectivity index (χ3n) is 4.80. The van der Waals surface area contributed by atoms with E-state index in [0.29, 0.717) is 29.7 Å². The molecular formula is C21H31N5O6S2. The van der Waals surface area contributed by atoms with Crippen molar-refractivity contribution in [1.82, 2.24) is 16.0 Å². The van der Waals surface area contributed by atoms with Crippen molar-refractivity contribution in [2.24, 2.45) is 5.73 Å². The molecule has 2 unspecified atom stereocenters. The molecule has 0 aliphatic carbocycles. The monoisotopic (exact) mass is 513 g/mol. The molecule has 7 N–H and O–H groups in total. The second-order valence-electron chi connectivity index (χ2n) is 7.25. The predicted octanol–water partition coefficient (Wildman–Crippen LogP) is 0.429. The summed E-state index contributed by atoms with van der Waals surface area (Å²) in [7, 11) is -4.23. The van der Waals surface area contributed by atoms with Crippen LogP contribution in [0.4, 0.5) is 0 Å². The summed E-state index contributed by atoms with van der Waals surface area (Å²) in [5.41, 5.74) is 5.80. The van der Waals surface area contributed by atoms with Gasteiger partial charge in [0.05, 0.1) is 11.6 Å². The van der Waals surface area contributed by atoms with Crippen LogP contribution in [0.15, 0.2) is 36.3 Å². The zero-order chi connectivity index (χ0) is 25.7. The number of carboxylic acid groups (broad SMARTS) is 1. The van der Waals surface area contributed by atoms with Gasteiger partial charge in [0.15, 0.2) is 5.96 Å². The van der Waals surface area contributed by atoms with Gasteiger partial charge in [-0.25, -0.2) is 13.2 Å². The second-order valence-corrected chi connectivity index (χ2v) is 10.1. The number of rotatable bonds is 15. The van der Waals surface area contributed by atoms with E-state index >= 15 is 0 Å². The van der Waals surface area contributed by atoms with E-state index in [4.69, 9.17) is 11.1 Å². The summed E-state index contributed by atoms with van der Waals surface area (Å²) in [6.45, 7) is 3.52. The van der Waals surface area contributed by atoms with Gasteiger partial charge in [-0.2, -0.15) is 11.8 Å². The summed E-state index contributed by atoms with van der Waals surface area (Å²) in [5, 5.41) is 24.2. The van der Waals surface area contributed by atoms with Gasteiger partial charge in [0, 0.05) is 18.5 Å². The molecule has 0 aliphatic heterocycles. The Hall–Kier alpha value is -2.90. The Labute approximate surface area is 203 Å². The molecule has 0 bridgehead atoms. The molecule has 0 aromatic heterocycles. The van der Waals surface area contributed by atoms with Crippen molar-refractivity contribution in [3.63, 3.8) is 0 Å². The fourth-order valence-corrected chi connectivity index (χ4v) is 4.22. The number of hydrogen-bond donors (Lipinski definition) is 6. The molecule has 1 amide bonds. The Morgan fingerprint density at radius 1 is 1.24 bits per heavy atom. The Kier molecular flexibility index (Phi) is 12.3. The topological polar surface area (TPSA) is 192 Å². The van der Waals surface area contributed by atoms with E-state index in [1.165, 1.54) is 17.8 Å². The number of thioether (sulfide) groups is 1. The largest absolute Gasteiger partial charge is 0.478 e. The maximum absolute atomic E-state index is 13.0. The smallest absolute Gasteiger partial charge is 0.336 e. The number of hydrogen-bond acceptors (Lipinski definition) is 8. The van der Waals surface area contributed by atoms with Gasteiger partial charge in [0.1, 0.15) is 6.04 Å². The lowest BCUT2D eigenvalue weighted by Crippen LogP contribution is -2.51. The third kappa shape index (κ3) is 9.53. The number of nitrogens with two attached hydrogens (primary N) is 1. The van der Waals surface area contributed by atoms with Gasteiger partial charge in [-0.15, -0.1) is 0 Å². The number of nitrogens with one attached hydrogen (secondary N) is 4. The summed E-state index contributed by atoms with van der Waals surface area (Å²) < 4.78 is 24.0. The quantitative estimate of drug-likeness (QED) is 0.109. The van der Waals surface area contributed by atoms with Gasteiger partial charge in [-0.1, -0.05) is 24.8 Å². The summed E-state index contributed by atoms with van der Waals surface area (Å²) in [6.07, 6.45) is 2.57. The predicted molar refractivity (Wildman–Crippen MR) is 132 cm³/mol. The van der Waals surface area contributed by atoms with Gasteiger partial charge >= 0.3 is 5.97 Å². The number of guanidine groups is 1. The van der Waals surface area contributed by atoms with E-state index in [2.05, 4.69) is 22.5 Å². The molecule has 188 valence electrons. The molecule has 2 atom stereocenters. The van der Waals surface area contributed by atoms with Crippen LogP contribution >= 0.6 is 11.8 Å². The van der Waals surface area contributed by atoms with Crippen LogP contribution in [0.2, 0.25) is 0 Å². The van der Waals surface area contributed by atoms with Gasteiger partial charge in [0.25, 0.3) is 5.12 Å². The first kappa shape index (κ1) is 29.1. The van der Waals surface area contributed by atoms with Gasteiger partial charge in [-0.3, -0.25) is 15.0 Å². The third-order valence-corrected chi connectivity index (χ3v) is 6.73. The number of benzene rings is 1. The molecule has 0 aliphatic rings. The molecule has 1 rings (SSSR count). The van der Waals surface area contributed by atoms with Gasteiger partial charge in [0.2, 0.25) is 15.7 Å². The molecule has 0 radical (unpaired) electrons. The maximum Gasteiger partial charge on any atom is 0.336 e. The highest BCUT2D eigenvalue weighted by atomic mass is 32.2. The van der Waals surface area contributed by atoms with Crippen molar-refractivity contribution in [2.75, 3.05) is 18.6 Å². The standard InChI is InChI=1S/C21H31N5O6S2/c1-3-34(31,32)20(30)17(10-12-33-2)26-18(27)16(9-6-11-24-21(22)23)25-13-14-7-4-5-8-15(14)19(28)29/h3-5,7-8,16-17,25H,1,6,9-13H2,2H3,(H,26,27)(H,28,29)(H4,22,23,24). The summed E-state index contributed by atoms with van der Waals surface area (Å²) in [4.78, 5) is 37.0. The van der Waals surface area contributed by atoms with Crippen molar-refractivity contribution in [2.45, 2.75) is 37.9 Å². The number of amides is 1. The van der Waals surface area contributed by atoms with Crippen LogP contribution < -0.4 is 21.7 Å². The zero-order valence-electron chi connectivity index (χ0n) is 18.9. The van der Waals surface area contributed by atoms with Crippen molar-refractivity contribution in [3.05, 3.63) is 47.4 Å². The second kappa shape index (κ2) is 14.4. The first-order valence-corrected chi connectivity index (χ1v) is 13.3. The Morgan fingerprint density at radius 2 is 1.91 bits per heavy atom. The van der Waals surface area contributed by atoms with Gasteiger partial charge < -0.3 is 26.8 Å². The molecule has 0 heterocycles. The van der Waals surface area contributed by atoms with E-state index in [1.807, 2.05) is 0 Å². The number of carbonyl (C=O) groups is 3. The van der Waals surface area contributed by atoms with Gasteiger partial charge in [-0.05, 0) is 42.9 Å². The molecule has 1 aromatic carbocycles. The Morgan fingerprint density at radius 3 is 2.50 bits per heavy atom. The average Bonchev–Trinajstić information content (AvgIpc) is 2.80. The number of sulfone groups is 1. The average molecular weight is 514 g/mol. The van der Waals surface area contributed by atoms with Crippen molar-refractivity contribution in [3.8, 4) is 0 Å². The SMILES string of the molecule is C=CS(=O)(=O)C(=O)C(CCSC)NC(=O)C(CCCNC(=N)N)NCc1ccccc1C(=O)O. The molecule has 13 heteroatoms. The van der Waals surface area contributed by atoms with Crippen LogP contribution in [0, 0.1) is 5.41 Å². The molecular weight excluding hydrogens is 482 g/mol. The molecule has 11 nitrogen and oxygen atoms in total.